The Balaban J connectivity index is 2.11. The number of H-pyrrole nitrogens is 1. The van der Waals surface area contributed by atoms with E-state index in [1.807, 2.05) is 24.3 Å². The molecule has 0 aliphatic rings. The highest BCUT2D eigenvalue weighted by Crippen LogP contribution is 2.22. The van der Waals surface area contributed by atoms with Gasteiger partial charge in [0.15, 0.2) is 5.78 Å². The van der Waals surface area contributed by atoms with Crippen LogP contribution in [0.3, 0.4) is 0 Å². The third-order valence-electron chi connectivity index (χ3n) is 3.00. The number of ether oxygens (including phenoxy) is 1. The van der Waals surface area contributed by atoms with Crippen molar-refractivity contribution in [1.29, 1.82) is 0 Å². The first-order valence-corrected chi connectivity index (χ1v) is 6.42. The summed E-state index contributed by atoms with van der Waals surface area (Å²) in [6.45, 7) is 3.19. The van der Waals surface area contributed by atoms with E-state index in [0.29, 0.717) is 12.3 Å². The van der Waals surface area contributed by atoms with Crippen LogP contribution in [0.25, 0.3) is 10.9 Å². The van der Waals surface area contributed by atoms with Gasteiger partial charge in [-0.2, -0.15) is 0 Å². The van der Waals surface area contributed by atoms with Gasteiger partial charge in [-0.1, -0.05) is 0 Å². The van der Waals surface area contributed by atoms with Crippen LogP contribution in [0.15, 0.2) is 24.3 Å². The number of nitrogens with one attached hydrogen (secondary N) is 1. The minimum absolute atomic E-state index is 0.0451. The second-order valence-corrected chi connectivity index (χ2v) is 5.85. The van der Waals surface area contributed by atoms with Crippen LogP contribution in [0.2, 0.25) is 0 Å². The normalized spacial score (nSPS) is 11.8. The first-order valence-electron chi connectivity index (χ1n) is 6.42. The van der Waals surface area contributed by atoms with E-state index in [4.69, 9.17) is 4.74 Å². The van der Waals surface area contributed by atoms with E-state index in [0.717, 1.165) is 27.7 Å². The zero-order valence-electron chi connectivity index (χ0n) is 12.0. The monoisotopic (exact) mass is 261 g/mol. The van der Waals surface area contributed by atoms with Crippen molar-refractivity contribution in [2.45, 2.75) is 6.92 Å². The van der Waals surface area contributed by atoms with Crippen molar-refractivity contribution < 1.29 is 14.0 Å². The van der Waals surface area contributed by atoms with Gasteiger partial charge in [-0.25, -0.2) is 0 Å². The molecule has 1 heterocycles. The van der Waals surface area contributed by atoms with Crippen molar-refractivity contribution in [1.82, 2.24) is 4.98 Å². The van der Waals surface area contributed by atoms with Gasteiger partial charge in [0, 0.05) is 17.8 Å². The summed E-state index contributed by atoms with van der Waals surface area (Å²) >= 11 is 0. The molecule has 1 aromatic carbocycles. The summed E-state index contributed by atoms with van der Waals surface area (Å²) in [5, 5.41) is 1.01. The maximum absolute atomic E-state index is 11.3. The summed E-state index contributed by atoms with van der Waals surface area (Å²) in [5.41, 5.74) is 1.60. The summed E-state index contributed by atoms with van der Waals surface area (Å²) in [4.78, 5) is 14.4. The molecule has 0 fully saturated rings. The average molecular weight is 261 g/mol. The average Bonchev–Trinajstić information content (AvgIpc) is 2.70. The van der Waals surface area contributed by atoms with Crippen LogP contribution < -0.4 is 4.74 Å². The number of fused-ring (bicyclic) bond motifs is 1. The summed E-state index contributed by atoms with van der Waals surface area (Å²) in [6.07, 6.45) is 0. The zero-order valence-corrected chi connectivity index (χ0v) is 12.0. The van der Waals surface area contributed by atoms with Gasteiger partial charge in [0.1, 0.15) is 18.9 Å². The second kappa shape index (κ2) is 5.05. The molecule has 0 amide bonds. The van der Waals surface area contributed by atoms with Gasteiger partial charge >= 0.3 is 0 Å². The van der Waals surface area contributed by atoms with E-state index in [1.165, 1.54) is 0 Å². The Morgan fingerprint density at radius 3 is 2.63 bits per heavy atom. The lowest BCUT2D eigenvalue weighted by Gasteiger charge is -2.23. The van der Waals surface area contributed by atoms with Crippen molar-refractivity contribution in [3.63, 3.8) is 0 Å². The highest BCUT2D eigenvalue weighted by Gasteiger charge is 2.08. The van der Waals surface area contributed by atoms with Gasteiger partial charge in [0.25, 0.3) is 0 Å². The fourth-order valence-electron chi connectivity index (χ4n) is 1.83. The molecule has 0 spiro atoms. The van der Waals surface area contributed by atoms with E-state index in [2.05, 4.69) is 26.1 Å². The highest BCUT2D eigenvalue weighted by molar-refractivity contribution is 5.98. The molecule has 4 heteroatoms. The van der Waals surface area contributed by atoms with Crippen molar-refractivity contribution in [3.05, 3.63) is 30.0 Å². The Labute approximate surface area is 113 Å². The number of Topliss-reactive ketones (excluding diaryl/α,β-unsaturated/α-hetero) is 1. The van der Waals surface area contributed by atoms with Crippen LogP contribution in [0, 0.1) is 0 Å². The smallest absolute Gasteiger partial charge is 0.175 e. The lowest BCUT2D eigenvalue weighted by Crippen LogP contribution is -2.38. The van der Waals surface area contributed by atoms with Gasteiger partial charge in [-0.3, -0.25) is 4.79 Å². The quantitative estimate of drug-likeness (QED) is 0.663. The van der Waals surface area contributed by atoms with E-state index in [-0.39, 0.29) is 5.78 Å². The Bertz CT molecular complexity index is 594. The lowest BCUT2D eigenvalue weighted by atomic mass is 10.2. The SMILES string of the molecule is CC(=O)c1cc2cc(OCC[N+](C)(C)C)ccc2[nH]1. The van der Waals surface area contributed by atoms with Crippen LogP contribution in [0.4, 0.5) is 0 Å². The number of hydrogen-bond donors (Lipinski definition) is 1. The number of carbonyl (C=O) groups excluding carboxylic acids is 1. The Morgan fingerprint density at radius 1 is 1.26 bits per heavy atom. The van der Waals surface area contributed by atoms with Gasteiger partial charge in [0.2, 0.25) is 0 Å². The summed E-state index contributed by atoms with van der Waals surface area (Å²) in [7, 11) is 6.41. The van der Waals surface area contributed by atoms with Gasteiger partial charge in [0.05, 0.1) is 26.8 Å². The fourth-order valence-corrected chi connectivity index (χ4v) is 1.83. The molecule has 0 atom stereocenters. The second-order valence-electron chi connectivity index (χ2n) is 5.85. The molecule has 102 valence electrons. The third-order valence-corrected chi connectivity index (χ3v) is 3.00. The number of rotatable bonds is 5. The molecular formula is C15H21N2O2+. The van der Waals surface area contributed by atoms with Crippen LogP contribution in [0.5, 0.6) is 5.75 Å². The molecule has 0 unspecified atom stereocenters. The maximum Gasteiger partial charge on any atom is 0.175 e. The van der Waals surface area contributed by atoms with Crippen LogP contribution in [-0.4, -0.2) is 49.5 Å². The lowest BCUT2D eigenvalue weighted by molar-refractivity contribution is -0.870. The van der Waals surface area contributed by atoms with Crippen molar-refractivity contribution in [3.8, 4) is 5.75 Å². The van der Waals surface area contributed by atoms with Crippen LogP contribution in [-0.2, 0) is 0 Å². The highest BCUT2D eigenvalue weighted by atomic mass is 16.5. The van der Waals surface area contributed by atoms with Crippen LogP contribution >= 0.6 is 0 Å². The van der Waals surface area contributed by atoms with E-state index in [1.54, 1.807) is 6.92 Å². The molecule has 0 aliphatic heterocycles. The standard InChI is InChI=1S/C15H20N2O2/c1-11(18)15-10-12-9-13(5-6-14(12)16-15)19-8-7-17(2,3)4/h5-6,9-10H,7-8H2,1-4H3/p+1. The number of carbonyl (C=O) groups is 1. The Kier molecular flexibility index (Phi) is 3.62. The fraction of sp³-hybridized carbons (Fsp3) is 0.400. The minimum atomic E-state index is 0.0451. The largest absolute Gasteiger partial charge is 0.488 e. The number of ketones is 1. The number of aromatic nitrogens is 1. The van der Waals surface area contributed by atoms with E-state index in [9.17, 15) is 4.79 Å². The van der Waals surface area contributed by atoms with Gasteiger partial charge < -0.3 is 14.2 Å². The molecule has 4 nitrogen and oxygen atoms in total. The molecule has 0 saturated heterocycles. The van der Waals surface area contributed by atoms with Crippen molar-refractivity contribution in [2.75, 3.05) is 34.3 Å². The molecule has 2 aromatic rings. The van der Waals surface area contributed by atoms with Gasteiger partial charge in [-0.05, 0) is 24.3 Å². The number of hydrogen-bond acceptors (Lipinski definition) is 2. The van der Waals surface area contributed by atoms with Crippen molar-refractivity contribution >= 4 is 16.7 Å². The van der Waals surface area contributed by atoms with Crippen LogP contribution in [0.1, 0.15) is 17.4 Å². The molecule has 19 heavy (non-hydrogen) atoms. The summed E-state index contributed by atoms with van der Waals surface area (Å²) in [6, 6.07) is 7.71. The first kappa shape index (κ1) is 13.6. The number of nitrogens with zero attached hydrogens (tertiary/aromatic N) is 1. The molecule has 1 aromatic heterocycles. The molecule has 0 aliphatic carbocycles. The minimum Gasteiger partial charge on any atom is -0.488 e. The first-order chi connectivity index (χ1) is 8.85. The number of aromatic amines is 1. The van der Waals surface area contributed by atoms with Crippen molar-refractivity contribution in [2.24, 2.45) is 0 Å². The predicted octanol–water partition coefficient (Wildman–Crippen LogP) is 2.46. The van der Waals surface area contributed by atoms with Gasteiger partial charge in [-0.15, -0.1) is 0 Å². The predicted molar refractivity (Wildman–Crippen MR) is 76.7 cm³/mol. The van der Waals surface area contributed by atoms with E-state index >= 15 is 0 Å². The molecule has 1 N–H and O–H groups in total. The Hall–Kier alpha value is -1.81. The number of likely N-dealkylation sites (N-methyl/N-ethyl adjacent to an activating group) is 1. The molecule has 2 rings (SSSR count). The summed E-state index contributed by atoms with van der Waals surface area (Å²) in [5.74, 6) is 0.888. The molecule has 0 bridgehead atoms. The molecule has 0 saturated carbocycles. The molecular weight excluding hydrogens is 240 g/mol. The molecule has 0 radical (unpaired) electrons. The Morgan fingerprint density at radius 2 is 2.00 bits per heavy atom. The third kappa shape index (κ3) is 3.58. The van der Waals surface area contributed by atoms with E-state index < -0.39 is 0 Å². The zero-order chi connectivity index (χ0) is 14.0. The topological polar surface area (TPSA) is 42.1 Å². The number of benzene rings is 1. The number of quaternary nitrogens is 1. The maximum atomic E-state index is 11.3. The summed E-state index contributed by atoms with van der Waals surface area (Å²) < 4.78 is 6.62.